The fraction of sp³-hybridized carbons (Fsp3) is 0.241. The van der Waals surface area contributed by atoms with Crippen LogP contribution in [-0.2, 0) is 11.5 Å². The number of aromatic hydroxyl groups is 2. The second kappa shape index (κ2) is 24.9. The summed E-state index contributed by atoms with van der Waals surface area (Å²) in [5.41, 5.74) is 11.6. The van der Waals surface area contributed by atoms with Gasteiger partial charge in [-0.05, 0) is 171 Å². The molecule has 0 spiro atoms. The molecule has 18 heteroatoms. The quantitative estimate of drug-likeness (QED) is 0.0263. The Morgan fingerprint density at radius 2 is 0.789 bits per heavy atom. The predicted octanol–water partition coefficient (Wildman–Crippen LogP) is 13.2. The largest absolute Gasteiger partial charge is 0.507 e. The molecule has 1 saturated carbocycles. The monoisotopic (exact) mass is 1050 g/mol. The average Bonchev–Trinajstić information content (AvgIpc) is 3.40. The minimum atomic E-state index is -0.0485. The number of phenolic OH excluding ortho intramolecular Hbond substituents is 2. The van der Waals surface area contributed by atoms with E-state index in [9.17, 15) is 10.2 Å². The molecule has 2 heterocycles. The number of nitrogens with zero attached hydrogens (tertiary/aromatic N) is 8. The van der Waals surface area contributed by atoms with Gasteiger partial charge < -0.3 is 42.1 Å². The highest BCUT2D eigenvalue weighted by Gasteiger charge is 2.24. The number of phenols is 2. The van der Waals surface area contributed by atoms with Crippen molar-refractivity contribution >= 4 is 94.4 Å². The molecule has 0 bridgehead atoms. The number of rotatable bonds is 20. The first-order valence-corrected chi connectivity index (χ1v) is 27.1. The molecule has 0 radical (unpaired) electrons. The van der Waals surface area contributed by atoms with Crippen molar-refractivity contribution in [2.24, 2.45) is 9.98 Å². The van der Waals surface area contributed by atoms with Crippen LogP contribution in [-0.4, -0.2) is 78.7 Å². The molecule has 6 aromatic carbocycles. The molecule has 0 aliphatic heterocycles. The molecular weight excluding hydrogens is 989 g/mol. The van der Waals surface area contributed by atoms with E-state index in [-0.39, 0.29) is 23.6 Å². The average molecular weight is 1050 g/mol. The van der Waals surface area contributed by atoms with Gasteiger partial charge in [0.15, 0.2) is 0 Å². The van der Waals surface area contributed by atoms with Gasteiger partial charge >= 0.3 is 0 Å². The van der Waals surface area contributed by atoms with Crippen molar-refractivity contribution in [3.63, 3.8) is 0 Å². The summed E-state index contributed by atoms with van der Waals surface area (Å²) in [6.07, 6.45) is 7.48. The number of anilines is 10. The topological polar surface area (TPSA) is 215 Å². The third-order valence-corrected chi connectivity index (χ3v) is 14.6. The van der Waals surface area contributed by atoms with Crippen LogP contribution in [0.3, 0.4) is 0 Å². The Hall–Kier alpha value is -8.22. The van der Waals surface area contributed by atoms with Crippen molar-refractivity contribution < 1.29 is 10.2 Å². The molecule has 16 nitrogen and oxygen atoms in total. The molecule has 0 amide bonds. The molecule has 2 aromatic heterocycles. The fourth-order valence-corrected chi connectivity index (χ4v) is 10.5. The minimum absolute atomic E-state index is 0.0485. The van der Waals surface area contributed by atoms with Gasteiger partial charge in [0, 0.05) is 81.7 Å². The summed E-state index contributed by atoms with van der Waals surface area (Å²) in [4.78, 5) is 39.4. The minimum Gasteiger partial charge on any atom is -0.507 e. The molecule has 9 rings (SSSR count). The Morgan fingerprint density at radius 1 is 0.447 bits per heavy atom. The van der Waals surface area contributed by atoms with Crippen molar-refractivity contribution in [3.8, 4) is 11.5 Å². The molecule has 2 atom stereocenters. The Morgan fingerprint density at radius 3 is 1.14 bits per heavy atom. The first kappa shape index (κ1) is 52.6. The third-order valence-electron chi connectivity index (χ3n) is 12.4. The molecule has 1 aliphatic carbocycles. The van der Waals surface area contributed by atoms with Crippen molar-refractivity contribution in [3.05, 3.63) is 166 Å². The van der Waals surface area contributed by atoms with Gasteiger partial charge in [-0.3, -0.25) is 9.98 Å². The van der Waals surface area contributed by atoms with E-state index in [4.69, 9.17) is 9.98 Å². The Balaban J connectivity index is 0.773. The maximum absolute atomic E-state index is 10.9. The molecule has 388 valence electrons. The summed E-state index contributed by atoms with van der Waals surface area (Å²) in [6, 6.07) is 40.0. The van der Waals surface area contributed by atoms with Gasteiger partial charge in [0.2, 0.25) is 35.7 Å². The lowest BCUT2D eigenvalue weighted by molar-refractivity contribution is 0.390. The van der Waals surface area contributed by atoms with Crippen molar-refractivity contribution in [1.82, 2.24) is 29.9 Å². The SMILES string of the molecule is CNc1nc(Nc2ccc(SCc3ccc(O)c(C=NC4CCCCC4N=Cc4cc(CSc5ccc(Nc6nc(NC)nc(Nc7cc(C)cc(C)c7)n6)cc5)ccc4O)c3)cc2)nc(Nc2cc(C)cc(C)c2)n1. The number of aliphatic imine (C=N–C) groups is 2. The highest BCUT2D eigenvalue weighted by atomic mass is 32.2. The van der Waals surface area contributed by atoms with E-state index in [1.54, 1.807) is 62.2 Å². The zero-order valence-electron chi connectivity index (χ0n) is 43.4. The van der Waals surface area contributed by atoms with Gasteiger partial charge in [-0.15, -0.1) is 23.5 Å². The summed E-state index contributed by atoms with van der Waals surface area (Å²) >= 11 is 3.41. The zero-order chi connectivity index (χ0) is 53.0. The second-order valence-corrected chi connectivity index (χ2v) is 20.9. The van der Waals surface area contributed by atoms with Crippen LogP contribution in [0.4, 0.5) is 58.4 Å². The fourth-order valence-electron chi connectivity index (χ4n) is 8.80. The number of aromatic nitrogens is 6. The van der Waals surface area contributed by atoms with Crippen LogP contribution in [0, 0.1) is 27.7 Å². The summed E-state index contributed by atoms with van der Waals surface area (Å²) in [5.74, 6) is 4.37. The van der Waals surface area contributed by atoms with Crippen LogP contribution in [0.25, 0.3) is 0 Å². The van der Waals surface area contributed by atoms with E-state index in [0.717, 1.165) is 91.6 Å². The smallest absolute Gasteiger partial charge is 0.233 e. The lowest BCUT2D eigenvalue weighted by Crippen LogP contribution is -2.27. The normalized spacial score (nSPS) is 14.4. The van der Waals surface area contributed by atoms with Gasteiger partial charge in [0.1, 0.15) is 11.5 Å². The number of hydrogen-bond donors (Lipinski definition) is 8. The van der Waals surface area contributed by atoms with Crippen LogP contribution in [0.1, 0.15) is 70.2 Å². The maximum Gasteiger partial charge on any atom is 0.233 e. The predicted molar refractivity (Wildman–Crippen MR) is 313 cm³/mol. The molecule has 2 unspecified atom stereocenters. The highest BCUT2D eigenvalue weighted by molar-refractivity contribution is 7.98. The number of nitrogens with one attached hydrogen (secondary N) is 6. The van der Waals surface area contributed by atoms with Crippen LogP contribution >= 0.6 is 23.5 Å². The molecule has 76 heavy (non-hydrogen) atoms. The van der Waals surface area contributed by atoms with Gasteiger partial charge in [0.25, 0.3) is 0 Å². The molecule has 8 aromatic rings. The van der Waals surface area contributed by atoms with Gasteiger partial charge in [-0.2, -0.15) is 29.9 Å². The number of hydrogen-bond acceptors (Lipinski definition) is 18. The Labute approximate surface area is 452 Å². The summed E-state index contributed by atoms with van der Waals surface area (Å²) in [6.45, 7) is 8.23. The van der Waals surface area contributed by atoms with E-state index in [1.807, 2.05) is 48.5 Å². The first-order chi connectivity index (χ1) is 36.9. The molecular formula is C58H62N14O2S2. The highest BCUT2D eigenvalue weighted by Crippen LogP contribution is 2.31. The van der Waals surface area contributed by atoms with Crippen LogP contribution in [0.5, 0.6) is 11.5 Å². The number of aryl methyl sites for hydroxylation is 4. The first-order valence-electron chi connectivity index (χ1n) is 25.2. The standard InChI is InChI=1S/C58H62N14O2S2/c1-35-23-36(2)26-45(25-35)65-57-69-53(59-5)67-55(71-57)63-43-13-17-47(18-14-43)75-33-39-11-21-51(73)41(29-39)31-61-49-9-7-8-10-50(49)62-32-42-30-40(12-22-52(42)74)34-76-48-19-15-44(16-20-48)64-56-68-54(60-6)70-58(72-56)66-46-27-37(3)24-38(4)28-46/h11-32,49-50,73-74H,7-10,33-34H2,1-6H3,(H3,59,63,65,67,69,71)(H3,60,64,66,68,70,72). The third kappa shape index (κ3) is 14.8. The number of benzene rings is 6. The van der Waals surface area contributed by atoms with Gasteiger partial charge in [0.05, 0.1) is 12.1 Å². The molecule has 1 aliphatic rings. The number of thioether (sulfide) groups is 2. The molecule has 1 fully saturated rings. The lowest BCUT2D eigenvalue weighted by Gasteiger charge is -2.25. The van der Waals surface area contributed by atoms with Crippen molar-refractivity contribution in [1.29, 1.82) is 0 Å². The van der Waals surface area contributed by atoms with E-state index in [2.05, 4.69) is 150 Å². The van der Waals surface area contributed by atoms with E-state index >= 15 is 0 Å². The van der Waals surface area contributed by atoms with E-state index < -0.39 is 0 Å². The summed E-state index contributed by atoms with van der Waals surface area (Å²) in [5, 5.41) is 41.0. The van der Waals surface area contributed by atoms with Crippen LogP contribution in [0.15, 0.2) is 141 Å². The van der Waals surface area contributed by atoms with Crippen molar-refractivity contribution in [2.75, 3.05) is 46.0 Å². The van der Waals surface area contributed by atoms with Crippen LogP contribution in [0.2, 0.25) is 0 Å². The second-order valence-electron chi connectivity index (χ2n) is 18.8. The molecule has 0 saturated heterocycles. The van der Waals surface area contributed by atoms with E-state index in [1.165, 1.54) is 0 Å². The Kier molecular flexibility index (Phi) is 17.2. The van der Waals surface area contributed by atoms with Gasteiger partial charge in [-0.1, -0.05) is 37.1 Å². The van der Waals surface area contributed by atoms with Crippen molar-refractivity contribution in [2.45, 2.75) is 86.8 Å². The van der Waals surface area contributed by atoms with Gasteiger partial charge in [-0.25, -0.2) is 0 Å². The zero-order valence-corrected chi connectivity index (χ0v) is 45.0. The Bertz CT molecular complexity index is 3090. The van der Waals surface area contributed by atoms with E-state index in [0.29, 0.717) is 58.3 Å². The molecule has 8 N–H and O–H groups in total. The van der Waals surface area contributed by atoms with Crippen LogP contribution < -0.4 is 31.9 Å². The summed E-state index contributed by atoms with van der Waals surface area (Å²) in [7, 11) is 3.55. The lowest BCUT2D eigenvalue weighted by atomic mass is 9.91. The summed E-state index contributed by atoms with van der Waals surface area (Å²) < 4.78 is 0. The maximum atomic E-state index is 10.9.